The maximum atomic E-state index is 12.5. The Morgan fingerprint density at radius 1 is 1.19 bits per heavy atom. The Balaban J connectivity index is 1.44. The molecule has 2 aliphatic rings. The molecule has 2 atom stereocenters. The number of carbonyl (C=O) groups is 1. The summed E-state index contributed by atoms with van der Waals surface area (Å²) < 4.78 is 11.3. The smallest absolute Gasteiger partial charge is 0.279 e. The number of nitriles is 1. The first-order valence-corrected chi connectivity index (χ1v) is 9.27. The predicted octanol–water partition coefficient (Wildman–Crippen LogP) is 1.69. The number of fused-ring (bicyclic) bond motifs is 1. The van der Waals surface area contributed by atoms with Crippen LogP contribution in [-0.2, 0) is 4.79 Å². The van der Waals surface area contributed by atoms with Crippen LogP contribution in [-0.4, -0.2) is 32.2 Å². The third kappa shape index (κ3) is 3.88. The lowest BCUT2D eigenvalue weighted by atomic mass is 10.0. The maximum absolute atomic E-state index is 12.5. The summed E-state index contributed by atoms with van der Waals surface area (Å²) in [6.07, 6.45) is 2.14. The molecule has 2 N–H and O–H groups in total. The topological polar surface area (TPSA) is 75.8 Å². The molecule has 0 aromatic heterocycles. The van der Waals surface area contributed by atoms with Crippen LogP contribution in [0, 0.1) is 11.3 Å². The van der Waals surface area contributed by atoms with Crippen LogP contribution < -0.4 is 19.7 Å². The van der Waals surface area contributed by atoms with E-state index in [9.17, 15) is 4.79 Å². The molecule has 2 heterocycles. The summed E-state index contributed by atoms with van der Waals surface area (Å²) in [5.74, 6) is 1.55. The average Bonchev–Trinajstić information content (AvgIpc) is 3.15. The van der Waals surface area contributed by atoms with Crippen molar-refractivity contribution in [2.45, 2.75) is 18.9 Å². The van der Waals surface area contributed by atoms with Crippen LogP contribution in [0.1, 0.15) is 30.0 Å². The summed E-state index contributed by atoms with van der Waals surface area (Å²) in [4.78, 5) is 13.8. The second-order valence-corrected chi connectivity index (χ2v) is 6.92. The zero-order chi connectivity index (χ0) is 18.6. The molecule has 0 saturated carbocycles. The molecular weight excluding hydrogens is 342 g/mol. The van der Waals surface area contributed by atoms with Gasteiger partial charge in [-0.25, -0.2) is 0 Å². The molecular formula is C21H22N3O3+. The van der Waals surface area contributed by atoms with E-state index in [0.717, 1.165) is 30.9 Å². The Bertz CT molecular complexity index is 890. The van der Waals surface area contributed by atoms with Gasteiger partial charge in [-0.15, -0.1) is 0 Å². The van der Waals surface area contributed by atoms with Crippen molar-refractivity contribution in [1.82, 2.24) is 0 Å². The average molecular weight is 364 g/mol. The van der Waals surface area contributed by atoms with Crippen LogP contribution in [0.2, 0.25) is 0 Å². The molecule has 0 spiro atoms. The van der Waals surface area contributed by atoms with Gasteiger partial charge in [-0.2, -0.15) is 5.26 Å². The number of anilines is 1. The van der Waals surface area contributed by atoms with Crippen molar-refractivity contribution in [1.29, 1.82) is 5.26 Å². The Morgan fingerprint density at radius 2 is 2.04 bits per heavy atom. The van der Waals surface area contributed by atoms with Gasteiger partial charge in [0, 0.05) is 24.1 Å². The highest BCUT2D eigenvalue weighted by Gasteiger charge is 2.32. The van der Waals surface area contributed by atoms with Crippen LogP contribution in [0.5, 0.6) is 11.5 Å². The van der Waals surface area contributed by atoms with Crippen molar-refractivity contribution in [2.75, 3.05) is 31.6 Å². The van der Waals surface area contributed by atoms with Gasteiger partial charge in [0.05, 0.1) is 18.2 Å². The third-order valence-electron chi connectivity index (χ3n) is 5.12. The van der Waals surface area contributed by atoms with E-state index in [0.29, 0.717) is 31.0 Å². The molecule has 1 unspecified atom stereocenters. The van der Waals surface area contributed by atoms with E-state index in [2.05, 4.69) is 23.5 Å². The summed E-state index contributed by atoms with van der Waals surface area (Å²) in [7, 11) is 0. The minimum atomic E-state index is -0.0375. The Labute approximate surface area is 158 Å². The summed E-state index contributed by atoms with van der Waals surface area (Å²) >= 11 is 0. The quantitative estimate of drug-likeness (QED) is 0.866. The van der Waals surface area contributed by atoms with Crippen LogP contribution >= 0.6 is 0 Å². The van der Waals surface area contributed by atoms with E-state index in [1.165, 1.54) is 10.5 Å². The molecule has 0 radical (unpaired) electrons. The Hall–Kier alpha value is -3.04. The van der Waals surface area contributed by atoms with E-state index in [1.54, 1.807) is 24.3 Å². The van der Waals surface area contributed by atoms with Crippen molar-refractivity contribution in [3.05, 3.63) is 53.6 Å². The molecule has 4 rings (SSSR count). The molecule has 6 nitrogen and oxygen atoms in total. The van der Waals surface area contributed by atoms with E-state index in [-0.39, 0.29) is 11.9 Å². The third-order valence-corrected chi connectivity index (χ3v) is 5.12. The van der Waals surface area contributed by atoms with Gasteiger partial charge in [-0.1, -0.05) is 6.07 Å². The van der Waals surface area contributed by atoms with Gasteiger partial charge in [0.15, 0.2) is 18.0 Å². The van der Waals surface area contributed by atoms with Gasteiger partial charge in [0.2, 0.25) is 0 Å². The number of likely N-dealkylation sites (tertiary alicyclic amines) is 1. The van der Waals surface area contributed by atoms with Crippen LogP contribution in [0.3, 0.4) is 0 Å². The lowest BCUT2D eigenvalue weighted by Gasteiger charge is -2.24. The molecule has 1 fully saturated rings. The first-order chi connectivity index (χ1) is 13.2. The number of nitrogens with zero attached hydrogens (tertiary/aromatic N) is 1. The first kappa shape index (κ1) is 17.4. The van der Waals surface area contributed by atoms with E-state index < -0.39 is 0 Å². The number of carbonyl (C=O) groups excluding carboxylic acids is 1. The van der Waals surface area contributed by atoms with Gasteiger partial charge in [0.25, 0.3) is 5.91 Å². The number of ether oxygens (including phenoxy) is 2. The van der Waals surface area contributed by atoms with Crippen molar-refractivity contribution in [3.8, 4) is 17.6 Å². The van der Waals surface area contributed by atoms with Gasteiger partial charge in [-0.3, -0.25) is 4.79 Å². The SMILES string of the molecule is N#Cc1cccc(NC(=O)C[NH+]2CCC[C@@H]2c2ccc3c(c2)OCCO3)c1. The van der Waals surface area contributed by atoms with Crippen molar-refractivity contribution in [3.63, 3.8) is 0 Å². The molecule has 6 heteroatoms. The number of nitrogens with one attached hydrogen (secondary N) is 2. The van der Waals surface area contributed by atoms with Crippen LogP contribution in [0.25, 0.3) is 0 Å². The summed E-state index contributed by atoms with van der Waals surface area (Å²) in [5, 5.41) is 11.9. The number of hydrogen-bond donors (Lipinski definition) is 2. The lowest BCUT2D eigenvalue weighted by molar-refractivity contribution is -0.910. The molecule has 27 heavy (non-hydrogen) atoms. The number of benzene rings is 2. The monoisotopic (exact) mass is 364 g/mol. The fourth-order valence-electron chi connectivity index (χ4n) is 3.88. The zero-order valence-corrected chi connectivity index (χ0v) is 15.0. The molecule has 2 aromatic rings. The van der Waals surface area contributed by atoms with Gasteiger partial charge >= 0.3 is 0 Å². The Kier molecular flexibility index (Phi) is 4.95. The molecule has 0 bridgehead atoms. The van der Waals surface area contributed by atoms with E-state index >= 15 is 0 Å². The number of amides is 1. The van der Waals surface area contributed by atoms with E-state index in [4.69, 9.17) is 14.7 Å². The largest absolute Gasteiger partial charge is 0.486 e. The molecule has 138 valence electrons. The van der Waals surface area contributed by atoms with Crippen LogP contribution in [0.4, 0.5) is 5.69 Å². The van der Waals surface area contributed by atoms with Gasteiger partial charge in [0.1, 0.15) is 19.3 Å². The first-order valence-electron chi connectivity index (χ1n) is 9.27. The van der Waals surface area contributed by atoms with Crippen molar-refractivity contribution in [2.24, 2.45) is 0 Å². The van der Waals surface area contributed by atoms with E-state index in [1.807, 2.05) is 6.07 Å². The minimum Gasteiger partial charge on any atom is -0.486 e. The number of quaternary nitrogens is 1. The van der Waals surface area contributed by atoms with Gasteiger partial charge < -0.3 is 19.7 Å². The highest BCUT2D eigenvalue weighted by atomic mass is 16.6. The Morgan fingerprint density at radius 3 is 2.89 bits per heavy atom. The normalized spacial score (nSPS) is 20.7. The fraction of sp³-hybridized carbons (Fsp3) is 0.333. The number of hydrogen-bond acceptors (Lipinski definition) is 4. The fourth-order valence-corrected chi connectivity index (χ4v) is 3.88. The predicted molar refractivity (Wildman–Crippen MR) is 99.9 cm³/mol. The summed E-state index contributed by atoms with van der Waals surface area (Å²) in [5.41, 5.74) is 2.38. The number of rotatable bonds is 4. The molecule has 1 saturated heterocycles. The second-order valence-electron chi connectivity index (χ2n) is 6.92. The minimum absolute atomic E-state index is 0.0375. The zero-order valence-electron chi connectivity index (χ0n) is 15.0. The molecule has 1 amide bonds. The molecule has 0 aliphatic carbocycles. The molecule has 2 aromatic carbocycles. The lowest BCUT2D eigenvalue weighted by Crippen LogP contribution is -3.11. The summed E-state index contributed by atoms with van der Waals surface area (Å²) in [6.45, 7) is 2.52. The van der Waals surface area contributed by atoms with Crippen molar-refractivity contribution < 1.29 is 19.2 Å². The highest BCUT2D eigenvalue weighted by Crippen LogP contribution is 2.33. The second kappa shape index (κ2) is 7.68. The van der Waals surface area contributed by atoms with Gasteiger partial charge in [-0.05, 0) is 36.4 Å². The van der Waals surface area contributed by atoms with Crippen LogP contribution in [0.15, 0.2) is 42.5 Å². The standard InChI is InChI=1S/C21H21N3O3/c22-13-15-3-1-4-17(11-15)23-21(25)14-24-8-2-5-18(24)16-6-7-19-20(12-16)27-10-9-26-19/h1,3-4,6-7,11-12,18H,2,5,8-10,14H2,(H,23,25)/p+1/t18-/m1/s1. The van der Waals surface area contributed by atoms with Crippen molar-refractivity contribution >= 4 is 11.6 Å². The maximum Gasteiger partial charge on any atom is 0.279 e. The molecule has 2 aliphatic heterocycles. The summed E-state index contributed by atoms with van der Waals surface area (Å²) in [6, 6.07) is 15.5. The highest BCUT2D eigenvalue weighted by molar-refractivity contribution is 5.91.